The van der Waals surface area contributed by atoms with E-state index in [0.717, 1.165) is 11.4 Å². The van der Waals surface area contributed by atoms with Crippen molar-refractivity contribution in [1.29, 1.82) is 0 Å². The molecule has 2 aromatic rings. The molecule has 0 aliphatic carbocycles. The fourth-order valence-corrected chi connectivity index (χ4v) is 1.74. The van der Waals surface area contributed by atoms with Gasteiger partial charge in [0.05, 0.1) is 5.02 Å². The van der Waals surface area contributed by atoms with Gasteiger partial charge in [0.2, 0.25) is 0 Å². The molecule has 2 aromatic heterocycles. The summed E-state index contributed by atoms with van der Waals surface area (Å²) in [5.74, 6) is 0. The lowest BCUT2D eigenvalue weighted by atomic mass is 9.92. The summed E-state index contributed by atoms with van der Waals surface area (Å²) in [5, 5.41) is 0.693. The molecule has 2 nitrogen and oxygen atoms in total. The zero-order chi connectivity index (χ0) is 16.1. The maximum atomic E-state index is 5.70. The van der Waals surface area contributed by atoms with Crippen LogP contribution in [0.4, 0.5) is 0 Å². The third kappa shape index (κ3) is 6.26. The molecule has 114 valence electrons. The largest absolute Gasteiger partial charge is 0.261 e. The first-order chi connectivity index (χ1) is 9.60. The third-order valence-electron chi connectivity index (χ3n) is 2.93. The number of hydrogen-bond acceptors (Lipinski definition) is 2. The molecule has 0 fully saturated rings. The van der Waals surface area contributed by atoms with Crippen LogP contribution >= 0.6 is 11.6 Å². The van der Waals surface area contributed by atoms with Crippen LogP contribution in [0.25, 0.3) is 0 Å². The Hall–Kier alpha value is -1.41. The third-order valence-corrected chi connectivity index (χ3v) is 3.15. The van der Waals surface area contributed by atoms with E-state index in [2.05, 4.69) is 57.6 Å². The Kier molecular flexibility index (Phi) is 5.91. The standard InChI is InChI=1S/C9H12ClN.C9H13N/c1-9(2,3)8-5-4-7(10)6-11-8;1-9(2,3)8-6-4-5-7-10-8/h4-6H,1-3H3;4-7H,1-3H3. The van der Waals surface area contributed by atoms with Crippen molar-refractivity contribution >= 4 is 11.6 Å². The highest BCUT2D eigenvalue weighted by atomic mass is 35.5. The average Bonchev–Trinajstić information content (AvgIpc) is 2.39. The van der Waals surface area contributed by atoms with E-state index in [4.69, 9.17) is 11.6 Å². The predicted molar refractivity (Wildman–Crippen MR) is 90.9 cm³/mol. The molecule has 3 heteroatoms. The molecule has 0 aromatic carbocycles. The molecule has 21 heavy (non-hydrogen) atoms. The van der Waals surface area contributed by atoms with Crippen molar-refractivity contribution in [2.45, 2.75) is 52.4 Å². The Morgan fingerprint density at radius 2 is 1.33 bits per heavy atom. The number of rotatable bonds is 0. The summed E-state index contributed by atoms with van der Waals surface area (Å²) in [5.41, 5.74) is 2.52. The fourth-order valence-electron chi connectivity index (χ4n) is 1.63. The first-order valence-corrected chi connectivity index (χ1v) is 7.52. The van der Waals surface area contributed by atoms with E-state index in [1.165, 1.54) is 0 Å². The Balaban J connectivity index is 0.000000211. The summed E-state index contributed by atoms with van der Waals surface area (Å²) in [6.45, 7) is 12.9. The molecule has 0 N–H and O–H groups in total. The van der Waals surface area contributed by atoms with Crippen molar-refractivity contribution in [2.75, 3.05) is 0 Å². The molecule has 2 heterocycles. The van der Waals surface area contributed by atoms with Crippen molar-refractivity contribution in [2.24, 2.45) is 0 Å². The Bertz CT molecular complexity index is 534. The van der Waals surface area contributed by atoms with Crippen molar-refractivity contribution in [3.8, 4) is 0 Å². The van der Waals surface area contributed by atoms with Gasteiger partial charge in [0, 0.05) is 34.6 Å². The Morgan fingerprint density at radius 1 is 0.762 bits per heavy atom. The Labute approximate surface area is 133 Å². The highest BCUT2D eigenvalue weighted by Crippen LogP contribution is 2.20. The molecule has 0 saturated heterocycles. The van der Waals surface area contributed by atoms with Crippen LogP contribution in [0.15, 0.2) is 42.7 Å². The molecule has 2 rings (SSSR count). The lowest BCUT2D eigenvalue weighted by Crippen LogP contribution is -2.12. The monoisotopic (exact) mass is 304 g/mol. The van der Waals surface area contributed by atoms with Crippen LogP contribution in [0.1, 0.15) is 52.9 Å². The fraction of sp³-hybridized carbons (Fsp3) is 0.444. The average molecular weight is 305 g/mol. The summed E-state index contributed by atoms with van der Waals surface area (Å²) >= 11 is 5.70. The summed E-state index contributed by atoms with van der Waals surface area (Å²) in [6.07, 6.45) is 3.52. The van der Waals surface area contributed by atoms with E-state index in [1.54, 1.807) is 6.20 Å². The van der Waals surface area contributed by atoms with Gasteiger partial charge in [-0.2, -0.15) is 0 Å². The normalized spacial score (nSPS) is 11.6. The summed E-state index contributed by atoms with van der Waals surface area (Å²) in [7, 11) is 0. The smallest absolute Gasteiger partial charge is 0.0589 e. The van der Waals surface area contributed by atoms with E-state index in [0.29, 0.717) is 5.02 Å². The van der Waals surface area contributed by atoms with Crippen molar-refractivity contribution in [3.05, 3.63) is 59.1 Å². The molecule has 0 aliphatic heterocycles. The van der Waals surface area contributed by atoms with Gasteiger partial charge < -0.3 is 0 Å². The molecule has 0 amide bonds. The minimum absolute atomic E-state index is 0.116. The van der Waals surface area contributed by atoms with Crippen LogP contribution in [-0.4, -0.2) is 9.97 Å². The van der Waals surface area contributed by atoms with Gasteiger partial charge in [-0.25, -0.2) is 0 Å². The van der Waals surface area contributed by atoms with Crippen molar-refractivity contribution < 1.29 is 0 Å². The number of nitrogens with zero attached hydrogens (tertiary/aromatic N) is 2. The van der Waals surface area contributed by atoms with E-state index < -0.39 is 0 Å². The topological polar surface area (TPSA) is 25.8 Å². The second-order valence-corrected chi connectivity index (χ2v) is 7.51. The van der Waals surface area contributed by atoms with Gasteiger partial charge in [-0.3, -0.25) is 9.97 Å². The lowest BCUT2D eigenvalue weighted by Gasteiger charge is -2.16. The van der Waals surface area contributed by atoms with Gasteiger partial charge >= 0.3 is 0 Å². The van der Waals surface area contributed by atoms with Gasteiger partial charge in [-0.05, 0) is 24.3 Å². The van der Waals surface area contributed by atoms with Crippen LogP contribution in [-0.2, 0) is 10.8 Å². The SMILES string of the molecule is CC(C)(C)c1ccc(Cl)cn1.CC(C)(C)c1ccccn1. The van der Waals surface area contributed by atoms with Crippen LogP contribution in [0, 0.1) is 0 Å². The molecule has 0 spiro atoms. The minimum atomic E-state index is 0.116. The maximum Gasteiger partial charge on any atom is 0.0589 e. The molecule has 0 aliphatic rings. The highest BCUT2D eigenvalue weighted by Gasteiger charge is 2.14. The number of pyridine rings is 2. The summed E-state index contributed by atoms with van der Waals surface area (Å²) < 4.78 is 0. The first kappa shape index (κ1) is 17.6. The lowest BCUT2D eigenvalue weighted by molar-refractivity contribution is 0.569. The molecule has 0 saturated carbocycles. The predicted octanol–water partition coefficient (Wildman–Crippen LogP) is 5.41. The summed E-state index contributed by atoms with van der Waals surface area (Å²) in [4.78, 5) is 8.47. The van der Waals surface area contributed by atoms with Gasteiger partial charge in [0.15, 0.2) is 0 Å². The number of halogens is 1. The molecule has 0 bridgehead atoms. The molecular formula is C18H25ClN2. The quantitative estimate of drug-likeness (QED) is 0.650. The van der Waals surface area contributed by atoms with E-state index in [-0.39, 0.29) is 10.8 Å². The highest BCUT2D eigenvalue weighted by molar-refractivity contribution is 6.30. The first-order valence-electron chi connectivity index (χ1n) is 7.14. The summed E-state index contributed by atoms with van der Waals surface area (Å²) in [6, 6.07) is 9.85. The zero-order valence-corrected chi connectivity index (χ0v) is 14.6. The number of aromatic nitrogens is 2. The second-order valence-electron chi connectivity index (χ2n) is 7.08. The minimum Gasteiger partial charge on any atom is -0.261 e. The van der Waals surface area contributed by atoms with Gasteiger partial charge in [0.25, 0.3) is 0 Å². The number of hydrogen-bond donors (Lipinski definition) is 0. The van der Waals surface area contributed by atoms with E-state index in [9.17, 15) is 0 Å². The zero-order valence-electron chi connectivity index (χ0n) is 13.8. The van der Waals surface area contributed by atoms with Crippen molar-refractivity contribution in [1.82, 2.24) is 9.97 Å². The Morgan fingerprint density at radius 3 is 1.67 bits per heavy atom. The second kappa shape index (κ2) is 7.04. The molecule has 0 atom stereocenters. The van der Waals surface area contributed by atoms with Gasteiger partial charge in [-0.1, -0.05) is 59.2 Å². The molecule has 0 radical (unpaired) electrons. The van der Waals surface area contributed by atoms with Crippen molar-refractivity contribution in [3.63, 3.8) is 0 Å². The van der Waals surface area contributed by atoms with Crippen LogP contribution in [0.3, 0.4) is 0 Å². The van der Waals surface area contributed by atoms with Gasteiger partial charge in [-0.15, -0.1) is 0 Å². The van der Waals surface area contributed by atoms with Crippen LogP contribution in [0.2, 0.25) is 5.02 Å². The van der Waals surface area contributed by atoms with Crippen LogP contribution in [0.5, 0.6) is 0 Å². The van der Waals surface area contributed by atoms with Gasteiger partial charge in [0.1, 0.15) is 0 Å². The van der Waals surface area contributed by atoms with E-state index in [1.807, 2.05) is 30.5 Å². The van der Waals surface area contributed by atoms with E-state index >= 15 is 0 Å². The molecular weight excluding hydrogens is 280 g/mol. The molecule has 0 unspecified atom stereocenters. The maximum absolute atomic E-state index is 5.70. The van der Waals surface area contributed by atoms with Crippen LogP contribution < -0.4 is 0 Å².